The fraction of sp³-hybridized carbons (Fsp3) is 0.250. The minimum absolute atomic E-state index is 0.00945. The average molecular weight is 390 g/mol. The molecule has 0 bridgehead atoms. The van der Waals surface area contributed by atoms with E-state index in [0.717, 1.165) is 5.75 Å². The first-order valence-electron chi connectivity index (χ1n) is 6.96. The van der Waals surface area contributed by atoms with E-state index in [1.165, 1.54) is 23.3 Å². The molecule has 23 heavy (non-hydrogen) atoms. The lowest BCUT2D eigenvalue weighted by atomic mass is 10.2. The lowest BCUT2D eigenvalue weighted by Gasteiger charge is -2.09. The number of benzene rings is 2. The molecule has 0 aliphatic rings. The molecule has 0 saturated carbocycles. The summed E-state index contributed by atoms with van der Waals surface area (Å²) in [4.78, 5) is 0.00945. The molecule has 1 N–H and O–H groups in total. The van der Waals surface area contributed by atoms with Gasteiger partial charge in [0.25, 0.3) is 0 Å². The molecule has 2 aromatic carbocycles. The van der Waals surface area contributed by atoms with Gasteiger partial charge in [-0.15, -0.1) is 0 Å². The highest BCUT2D eigenvalue weighted by Gasteiger charge is 2.17. The first kappa shape index (κ1) is 18.6. The number of hydrogen-bond donors (Lipinski definition) is 1. The van der Waals surface area contributed by atoms with Gasteiger partial charge in [-0.05, 0) is 30.7 Å². The van der Waals surface area contributed by atoms with Gasteiger partial charge in [-0.25, -0.2) is 13.1 Å². The highest BCUT2D eigenvalue weighted by Crippen LogP contribution is 2.24. The van der Waals surface area contributed by atoms with Crippen LogP contribution in [0.15, 0.2) is 47.4 Å². The maximum absolute atomic E-state index is 12.2. The second-order valence-electron chi connectivity index (χ2n) is 5.01. The zero-order valence-corrected chi connectivity index (χ0v) is 15.7. The average Bonchev–Trinajstić information content (AvgIpc) is 2.51. The Morgan fingerprint density at radius 2 is 1.78 bits per heavy atom. The van der Waals surface area contributed by atoms with E-state index in [9.17, 15) is 8.42 Å². The minimum atomic E-state index is -3.64. The molecule has 7 heteroatoms. The number of rotatable bonds is 7. The zero-order valence-electron chi connectivity index (χ0n) is 12.6. The van der Waals surface area contributed by atoms with Crippen LogP contribution in [0.5, 0.6) is 0 Å². The molecule has 0 spiro atoms. The summed E-state index contributed by atoms with van der Waals surface area (Å²) in [5.74, 6) is 1.52. The summed E-state index contributed by atoms with van der Waals surface area (Å²) >= 11 is 13.4. The summed E-state index contributed by atoms with van der Waals surface area (Å²) in [6.45, 7) is 2.38. The molecule has 2 aromatic rings. The van der Waals surface area contributed by atoms with Crippen molar-refractivity contribution >= 4 is 45.0 Å². The van der Waals surface area contributed by atoms with Crippen molar-refractivity contribution in [2.45, 2.75) is 17.6 Å². The van der Waals surface area contributed by atoms with E-state index in [1.54, 1.807) is 17.8 Å². The van der Waals surface area contributed by atoms with Crippen molar-refractivity contribution in [3.05, 3.63) is 63.6 Å². The number of halogens is 2. The van der Waals surface area contributed by atoms with Gasteiger partial charge in [-0.1, -0.05) is 53.0 Å². The molecule has 3 nitrogen and oxygen atoms in total. The highest BCUT2D eigenvalue weighted by molar-refractivity contribution is 7.98. The second kappa shape index (κ2) is 8.40. The molecule has 0 fully saturated rings. The molecule has 0 aliphatic carbocycles. The van der Waals surface area contributed by atoms with E-state index >= 15 is 0 Å². The molecule has 0 unspecified atom stereocenters. The van der Waals surface area contributed by atoms with Gasteiger partial charge in [-0.3, -0.25) is 0 Å². The Morgan fingerprint density at radius 3 is 2.48 bits per heavy atom. The van der Waals surface area contributed by atoms with E-state index in [4.69, 9.17) is 23.2 Å². The third kappa shape index (κ3) is 5.69. The molecule has 124 valence electrons. The van der Waals surface area contributed by atoms with Crippen molar-refractivity contribution in [2.24, 2.45) is 0 Å². The van der Waals surface area contributed by atoms with Crippen molar-refractivity contribution in [3.8, 4) is 0 Å². The number of thioether (sulfide) groups is 1. The molecule has 0 aromatic heterocycles. The molecule has 0 heterocycles. The molecule has 0 aliphatic heterocycles. The van der Waals surface area contributed by atoms with E-state index in [-0.39, 0.29) is 9.92 Å². The topological polar surface area (TPSA) is 46.2 Å². The lowest BCUT2D eigenvalue weighted by molar-refractivity contribution is 0.584. The molecule has 2 rings (SSSR count). The third-order valence-electron chi connectivity index (χ3n) is 3.11. The Balaban J connectivity index is 1.83. The Bertz CT molecular complexity index is 762. The van der Waals surface area contributed by atoms with Gasteiger partial charge in [0.15, 0.2) is 0 Å². The van der Waals surface area contributed by atoms with E-state index in [1.807, 2.05) is 6.92 Å². The van der Waals surface area contributed by atoms with Crippen molar-refractivity contribution < 1.29 is 8.42 Å². The lowest BCUT2D eigenvalue weighted by Crippen LogP contribution is -2.26. The van der Waals surface area contributed by atoms with Crippen LogP contribution >= 0.6 is 35.0 Å². The summed E-state index contributed by atoms with van der Waals surface area (Å²) in [5, 5.41) is 0.498. The monoisotopic (exact) mass is 389 g/mol. The summed E-state index contributed by atoms with van der Waals surface area (Å²) in [7, 11) is -3.64. The van der Waals surface area contributed by atoms with Gasteiger partial charge in [0, 0.05) is 23.1 Å². The van der Waals surface area contributed by atoms with E-state index in [2.05, 4.69) is 29.0 Å². The number of sulfonamides is 1. The summed E-state index contributed by atoms with van der Waals surface area (Å²) in [5.41, 5.74) is 2.45. The van der Waals surface area contributed by atoms with Gasteiger partial charge >= 0.3 is 0 Å². The Morgan fingerprint density at radius 1 is 1.09 bits per heavy atom. The molecular formula is C16H17Cl2NO2S2. The maximum atomic E-state index is 12.2. The Hall–Kier alpha value is -0.720. The molecule has 0 atom stereocenters. The molecular weight excluding hydrogens is 373 g/mol. The highest BCUT2D eigenvalue weighted by atomic mass is 35.5. The third-order valence-corrected chi connectivity index (χ3v) is 6.32. The number of nitrogens with one attached hydrogen (secondary N) is 1. The number of hydrogen-bond acceptors (Lipinski definition) is 3. The van der Waals surface area contributed by atoms with Crippen LogP contribution < -0.4 is 4.72 Å². The van der Waals surface area contributed by atoms with Crippen LogP contribution in [-0.2, 0) is 15.8 Å². The van der Waals surface area contributed by atoms with Crippen molar-refractivity contribution in [1.29, 1.82) is 0 Å². The number of aryl methyl sites for hydroxylation is 1. The van der Waals surface area contributed by atoms with Gasteiger partial charge in [0.05, 0.1) is 5.02 Å². The van der Waals surface area contributed by atoms with Gasteiger partial charge in [-0.2, -0.15) is 11.8 Å². The first-order valence-corrected chi connectivity index (χ1v) is 10.4. The zero-order chi connectivity index (χ0) is 16.9. The summed E-state index contributed by atoms with van der Waals surface area (Å²) in [6.07, 6.45) is 0. The smallest absolute Gasteiger partial charge is 0.210 e. The van der Waals surface area contributed by atoms with Gasteiger partial charge < -0.3 is 0 Å². The van der Waals surface area contributed by atoms with Crippen molar-refractivity contribution in [3.63, 3.8) is 0 Å². The van der Waals surface area contributed by atoms with Crippen LogP contribution in [-0.4, -0.2) is 20.7 Å². The van der Waals surface area contributed by atoms with Crippen LogP contribution in [0, 0.1) is 6.92 Å². The van der Waals surface area contributed by atoms with Crippen LogP contribution in [0.2, 0.25) is 10.0 Å². The van der Waals surface area contributed by atoms with Crippen LogP contribution in [0.25, 0.3) is 0 Å². The van der Waals surface area contributed by atoms with Crippen LogP contribution in [0.1, 0.15) is 11.1 Å². The van der Waals surface area contributed by atoms with Crippen molar-refractivity contribution in [2.75, 3.05) is 12.3 Å². The summed E-state index contributed by atoms with van der Waals surface area (Å²) < 4.78 is 27.0. The van der Waals surface area contributed by atoms with Gasteiger partial charge in [0.1, 0.15) is 4.90 Å². The largest absolute Gasteiger partial charge is 0.242 e. The van der Waals surface area contributed by atoms with E-state index in [0.29, 0.717) is 17.3 Å². The second-order valence-corrected chi connectivity index (χ2v) is 8.69. The fourth-order valence-electron chi connectivity index (χ4n) is 1.88. The predicted molar refractivity (Wildman–Crippen MR) is 99.0 cm³/mol. The Labute approximate surface area is 151 Å². The standard InChI is InChI=1S/C16H17Cl2NO2S2/c1-12-2-4-13(5-3-12)11-22-9-8-19-23(20,21)16-10-14(17)6-7-15(16)18/h2-7,10,19H,8-9,11H2,1H3. The van der Waals surface area contributed by atoms with E-state index < -0.39 is 10.0 Å². The fourth-order valence-corrected chi connectivity index (χ4v) is 4.62. The van der Waals surface area contributed by atoms with Crippen LogP contribution in [0.3, 0.4) is 0 Å². The first-order chi connectivity index (χ1) is 10.9. The molecule has 0 amide bonds. The normalized spacial score (nSPS) is 11.6. The maximum Gasteiger partial charge on any atom is 0.242 e. The quantitative estimate of drug-likeness (QED) is 0.708. The predicted octanol–water partition coefficient (Wildman–Crippen LogP) is 4.51. The van der Waals surface area contributed by atoms with Crippen molar-refractivity contribution in [1.82, 2.24) is 4.72 Å². The minimum Gasteiger partial charge on any atom is -0.210 e. The summed E-state index contributed by atoms with van der Waals surface area (Å²) in [6, 6.07) is 12.7. The molecule has 0 radical (unpaired) electrons. The Kier molecular flexibility index (Phi) is 6.80. The van der Waals surface area contributed by atoms with Gasteiger partial charge in [0.2, 0.25) is 10.0 Å². The molecule has 0 saturated heterocycles. The SMILES string of the molecule is Cc1ccc(CSCCNS(=O)(=O)c2cc(Cl)ccc2Cl)cc1. The van der Waals surface area contributed by atoms with Crippen LogP contribution in [0.4, 0.5) is 0 Å².